The van der Waals surface area contributed by atoms with Crippen molar-refractivity contribution < 1.29 is 19.0 Å². The molecule has 6 heteroatoms. The van der Waals surface area contributed by atoms with Crippen molar-refractivity contribution in [1.29, 1.82) is 0 Å². The third kappa shape index (κ3) is 4.09. The molecule has 1 aliphatic heterocycles. The summed E-state index contributed by atoms with van der Waals surface area (Å²) in [5.41, 5.74) is 0.454. The number of carbonyl (C=O) groups is 1. The lowest BCUT2D eigenvalue weighted by atomic mass is 10.2. The lowest BCUT2D eigenvalue weighted by Gasteiger charge is -2.32. The lowest BCUT2D eigenvalue weighted by Crippen LogP contribution is -2.44. The van der Waals surface area contributed by atoms with Gasteiger partial charge in [0, 0.05) is 18.7 Å². The van der Waals surface area contributed by atoms with E-state index in [9.17, 15) is 4.79 Å². The summed E-state index contributed by atoms with van der Waals surface area (Å²) in [5, 5.41) is 0.361. The van der Waals surface area contributed by atoms with Crippen molar-refractivity contribution >= 4 is 17.9 Å². The van der Waals surface area contributed by atoms with Crippen LogP contribution >= 0.6 is 11.6 Å². The fourth-order valence-corrected chi connectivity index (χ4v) is 2.57. The van der Waals surface area contributed by atoms with Crippen LogP contribution in [0.1, 0.15) is 17.3 Å². The molecule has 1 heterocycles. The standard InChI is InChI=1S/C15H20ClNO4/c1-3-17-4-5-20-12(8-17)10-21-15-13(16)6-11(9-18)7-14(15)19-2/h6-7,9,12H,3-5,8,10H2,1-2H3. The van der Waals surface area contributed by atoms with Crippen molar-refractivity contribution in [3.63, 3.8) is 0 Å². The average Bonchev–Trinajstić information content (AvgIpc) is 2.53. The molecule has 1 aliphatic rings. The number of benzene rings is 1. The quantitative estimate of drug-likeness (QED) is 0.754. The first kappa shape index (κ1) is 16.1. The fourth-order valence-electron chi connectivity index (χ4n) is 2.29. The van der Waals surface area contributed by atoms with Crippen LogP contribution in [0.25, 0.3) is 0 Å². The number of rotatable bonds is 6. The van der Waals surface area contributed by atoms with Crippen LogP contribution in [0.4, 0.5) is 0 Å². The number of methoxy groups -OCH3 is 1. The molecule has 1 aromatic carbocycles. The van der Waals surface area contributed by atoms with E-state index in [0.29, 0.717) is 35.3 Å². The van der Waals surface area contributed by atoms with Gasteiger partial charge in [-0.3, -0.25) is 9.69 Å². The maximum atomic E-state index is 10.8. The molecule has 0 bridgehead atoms. The molecule has 0 N–H and O–H groups in total. The SMILES string of the molecule is CCN1CCOC(COc2c(Cl)cc(C=O)cc2OC)C1. The second-order valence-electron chi connectivity index (χ2n) is 4.85. The average molecular weight is 314 g/mol. The normalized spacial score (nSPS) is 19.3. The van der Waals surface area contributed by atoms with Gasteiger partial charge in [0.25, 0.3) is 0 Å². The van der Waals surface area contributed by atoms with E-state index < -0.39 is 0 Å². The molecule has 0 saturated carbocycles. The van der Waals surface area contributed by atoms with Gasteiger partial charge in [-0.2, -0.15) is 0 Å². The highest BCUT2D eigenvalue weighted by atomic mass is 35.5. The summed E-state index contributed by atoms with van der Waals surface area (Å²) in [7, 11) is 1.52. The molecule has 5 nitrogen and oxygen atoms in total. The van der Waals surface area contributed by atoms with Gasteiger partial charge in [0.05, 0.1) is 18.7 Å². The predicted molar refractivity (Wildman–Crippen MR) is 80.7 cm³/mol. The highest BCUT2D eigenvalue weighted by Crippen LogP contribution is 2.36. The van der Waals surface area contributed by atoms with Gasteiger partial charge in [0.15, 0.2) is 11.5 Å². The largest absolute Gasteiger partial charge is 0.493 e. The zero-order valence-electron chi connectivity index (χ0n) is 12.3. The van der Waals surface area contributed by atoms with Gasteiger partial charge in [0.2, 0.25) is 0 Å². The number of likely N-dealkylation sites (N-methyl/N-ethyl adjacent to an activating group) is 1. The van der Waals surface area contributed by atoms with E-state index in [1.807, 2.05) is 0 Å². The Hall–Kier alpha value is -1.30. The number of ether oxygens (including phenoxy) is 3. The molecule has 1 unspecified atom stereocenters. The molecule has 0 radical (unpaired) electrons. The van der Waals surface area contributed by atoms with Crippen molar-refractivity contribution in [2.45, 2.75) is 13.0 Å². The smallest absolute Gasteiger partial charge is 0.179 e. The molecule has 2 rings (SSSR count). The zero-order chi connectivity index (χ0) is 15.2. The Bertz CT molecular complexity index is 495. The monoisotopic (exact) mass is 313 g/mol. The third-order valence-electron chi connectivity index (χ3n) is 3.47. The number of hydrogen-bond acceptors (Lipinski definition) is 5. The van der Waals surface area contributed by atoms with Gasteiger partial charge in [-0.1, -0.05) is 18.5 Å². The summed E-state index contributed by atoms with van der Waals surface area (Å²) >= 11 is 6.15. The topological polar surface area (TPSA) is 48.0 Å². The van der Waals surface area contributed by atoms with Crippen LogP contribution in [0.3, 0.4) is 0 Å². The molecule has 0 spiro atoms. The van der Waals surface area contributed by atoms with Crippen LogP contribution < -0.4 is 9.47 Å². The van der Waals surface area contributed by atoms with Crippen molar-refractivity contribution in [2.24, 2.45) is 0 Å². The fraction of sp³-hybridized carbons (Fsp3) is 0.533. The lowest BCUT2D eigenvalue weighted by molar-refractivity contribution is -0.0466. The predicted octanol–water partition coefficient (Wildman–Crippen LogP) is 2.26. The molecule has 1 fully saturated rings. The van der Waals surface area contributed by atoms with Gasteiger partial charge in [-0.05, 0) is 18.7 Å². The van der Waals surface area contributed by atoms with Crippen LogP contribution in [0.15, 0.2) is 12.1 Å². The van der Waals surface area contributed by atoms with Crippen LogP contribution in [0.2, 0.25) is 5.02 Å². The number of halogens is 1. The second-order valence-corrected chi connectivity index (χ2v) is 5.26. The summed E-state index contributed by atoms with van der Waals surface area (Å²) in [4.78, 5) is 13.1. The Morgan fingerprint density at radius 2 is 2.33 bits per heavy atom. The molecular weight excluding hydrogens is 294 g/mol. The first-order chi connectivity index (χ1) is 10.2. The first-order valence-electron chi connectivity index (χ1n) is 6.97. The number of morpholine rings is 1. The van der Waals surface area contributed by atoms with Gasteiger partial charge in [-0.15, -0.1) is 0 Å². The highest BCUT2D eigenvalue weighted by molar-refractivity contribution is 6.32. The second kappa shape index (κ2) is 7.64. The van der Waals surface area contributed by atoms with Crippen LogP contribution in [-0.2, 0) is 4.74 Å². The summed E-state index contributed by atoms with van der Waals surface area (Å²) in [5.74, 6) is 0.898. The minimum Gasteiger partial charge on any atom is -0.493 e. The molecule has 116 valence electrons. The minimum absolute atomic E-state index is 0.00483. The molecule has 0 aliphatic carbocycles. The van der Waals surface area contributed by atoms with E-state index in [0.717, 1.165) is 25.9 Å². The maximum absolute atomic E-state index is 10.8. The summed E-state index contributed by atoms with van der Waals surface area (Å²) in [6, 6.07) is 3.17. The molecule has 21 heavy (non-hydrogen) atoms. The van der Waals surface area contributed by atoms with Crippen molar-refractivity contribution in [3.05, 3.63) is 22.7 Å². The van der Waals surface area contributed by atoms with Gasteiger partial charge >= 0.3 is 0 Å². The van der Waals surface area contributed by atoms with E-state index >= 15 is 0 Å². The van der Waals surface area contributed by atoms with Crippen LogP contribution in [0, 0.1) is 0 Å². The molecular formula is C15H20ClNO4. The Balaban J connectivity index is 2.04. The Morgan fingerprint density at radius 3 is 3.00 bits per heavy atom. The summed E-state index contributed by atoms with van der Waals surface area (Å²) in [6.45, 7) is 6.01. The number of hydrogen-bond donors (Lipinski definition) is 0. The van der Waals surface area contributed by atoms with Crippen LogP contribution in [-0.4, -0.2) is 57.2 Å². The van der Waals surface area contributed by atoms with Gasteiger partial charge in [0.1, 0.15) is 19.0 Å². The number of nitrogens with zero attached hydrogens (tertiary/aromatic N) is 1. The molecule has 1 saturated heterocycles. The molecule has 1 atom stereocenters. The van der Waals surface area contributed by atoms with E-state index in [1.54, 1.807) is 12.1 Å². The Kier molecular flexibility index (Phi) is 5.85. The van der Waals surface area contributed by atoms with Crippen molar-refractivity contribution in [2.75, 3.05) is 40.0 Å². The zero-order valence-corrected chi connectivity index (χ0v) is 13.1. The van der Waals surface area contributed by atoms with Crippen LogP contribution in [0.5, 0.6) is 11.5 Å². The third-order valence-corrected chi connectivity index (χ3v) is 3.75. The van der Waals surface area contributed by atoms with E-state index in [-0.39, 0.29) is 6.10 Å². The van der Waals surface area contributed by atoms with Gasteiger partial charge < -0.3 is 14.2 Å². The summed E-state index contributed by atoms with van der Waals surface area (Å²) in [6.07, 6.45) is 0.729. The number of carbonyl (C=O) groups excluding carboxylic acids is 1. The van der Waals surface area contributed by atoms with E-state index in [4.69, 9.17) is 25.8 Å². The Labute approximate surface area is 129 Å². The minimum atomic E-state index is 0.00483. The van der Waals surface area contributed by atoms with E-state index in [2.05, 4.69) is 11.8 Å². The molecule has 1 aromatic rings. The molecule has 0 aromatic heterocycles. The maximum Gasteiger partial charge on any atom is 0.179 e. The van der Waals surface area contributed by atoms with Gasteiger partial charge in [-0.25, -0.2) is 0 Å². The van der Waals surface area contributed by atoms with Crippen molar-refractivity contribution in [3.8, 4) is 11.5 Å². The highest BCUT2D eigenvalue weighted by Gasteiger charge is 2.21. The van der Waals surface area contributed by atoms with E-state index in [1.165, 1.54) is 7.11 Å². The summed E-state index contributed by atoms with van der Waals surface area (Å²) < 4.78 is 16.7. The first-order valence-corrected chi connectivity index (χ1v) is 7.35. The molecule has 0 amide bonds. The Morgan fingerprint density at radius 1 is 1.52 bits per heavy atom. The van der Waals surface area contributed by atoms with Crippen molar-refractivity contribution in [1.82, 2.24) is 4.90 Å². The number of aldehydes is 1.